The molecule has 0 aliphatic carbocycles. The van der Waals surface area contributed by atoms with Gasteiger partial charge >= 0.3 is 11.8 Å². The molecular weight excluding hydrogens is 370 g/mol. The fourth-order valence-corrected chi connectivity index (χ4v) is 2.25. The molecule has 0 atom stereocenters. The number of amides is 2. The zero-order valence-corrected chi connectivity index (χ0v) is 15.3. The molecule has 2 amide bonds. The first kappa shape index (κ1) is 17.9. The number of nitrogens with one attached hydrogen (secondary N) is 2. The predicted octanol–water partition coefficient (Wildman–Crippen LogP) is 3.54. The molecule has 0 fully saturated rings. The molecule has 0 heterocycles. The Morgan fingerprint density at radius 2 is 1.67 bits per heavy atom. The lowest BCUT2D eigenvalue weighted by Crippen LogP contribution is -2.33. The zero-order chi connectivity index (χ0) is 17.7. The number of benzene rings is 2. The highest BCUT2D eigenvalue weighted by Gasteiger charge is 2.14. The minimum absolute atomic E-state index is 0.607. The van der Waals surface area contributed by atoms with Crippen LogP contribution in [0.2, 0.25) is 0 Å². The minimum Gasteiger partial charge on any atom is -0.317 e. The highest BCUT2D eigenvalue weighted by molar-refractivity contribution is 9.10. The molecule has 124 valence electrons. The molecule has 0 aliphatic heterocycles. The van der Waals surface area contributed by atoms with Gasteiger partial charge in [0.15, 0.2) is 0 Å². The van der Waals surface area contributed by atoms with E-state index in [1.54, 1.807) is 6.92 Å². The van der Waals surface area contributed by atoms with Crippen molar-refractivity contribution in [3.05, 3.63) is 63.6 Å². The first-order chi connectivity index (χ1) is 11.4. The van der Waals surface area contributed by atoms with Crippen molar-refractivity contribution in [1.29, 1.82) is 0 Å². The van der Waals surface area contributed by atoms with Gasteiger partial charge in [0.25, 0.3) is 0 Å². The highest BCUT2D eigenvalue weighted by Crippen LogP contribution is 2.16. The number of anilines is 1. The van der Waals surface area contributed by atoms with Crippen molar-refractivity contribution < 1.29 is 9.59 Å². The lowest BCUT2D eigenvalue weighted by atomic mass is 10.1. The normalized spacial score (nSPS) is 11.1. The van der Waals surface area contributed by atoms with Crippen LogP contribution in [-0.4, -0.2) is 17.5 Å². The Hall–Kier alpha value is -2.47. The van der Waals surface area contributed by atoms with E-state index >= 15 is 0 Å². The van der Waals surface area contributed by atoms with Crippen molar-refractivity contribution in [2.45, 2.75) is 20.8 Å². The Kier molecular flexibility index (Phi) is 5.87. The number of hydrogen-bond acceptors (Lipinski definition) is 3. The summed E-state index contributed by atoms with van der Waals surface area (Å²) in [5.74, 6) is -1.57. The Morgan fingerprint density at radius 1 is 1.00 bits per heavy atom. The quantitative estimate of drug-likeness (QED) is 0.480. The molecule has 6 heteroatoms. The predicted molar refractivity (Wildman–Crippen MR) is 99.0 cm³/mol. The van der Waals surface area contributed by atoms with Crippen LogP contribution in [0.25, 0.3) is 0 Å². The third kappa shape index (κ3) is 4.76. The molecule has 2 aromatic carbocycles. The molecule has 0 aliphatic rings. The van der Waals surface area contributed by atoms with Crippen LogP contribution in [0.15, 0.2) is 52.0 Å². The number of halogens is 1. The Bertz CT molecular complexity index is 798. The second-order valence-electron chi connectivity index (χ2n) is 5.42. The van der Waals surface area contributed by atoms with E-state index in [9.17, 15) is 9.59 Å². The molecular formula is C18H18BrN3O2. The van der Waals surface area contributed by atoms with Crippen LogP contribution in [0.5, 0.6) is 0 Å². The number of carbonyl (C=O) groups is 2. The molecule has 0 saturated heterocycles. The number of rotatable bonds is 3. The summed E-state index contributed by atoms with van der Waals surface area (Å²) in [5, 5.41) is 6.56. The third-order valence-electron chi connectivity index (χ3n) is 3.43. The molecule has 0 bridgehead atoms. The van der Waals surface area contributed by atoms with Crippen molar-refractivity contribution in [2.24, 2.45) is 5.10 Å². The first-order valence-corrected chi connectivity index (χ1v) is 8.15. The number of carbonyl (C=O) groups excluding carboxylic acids is 2. The number of nitrogens with zero attached hydrogens (tertiary/aromatic N) is 1. The molecule has 0 radical (unpaired) electrons. The van der Waals surface area contributed by atoms with E-state index in [0.717, 1.165) is 21.2 Å². The van der Waals surface area contributed by atoms with Crippen molar-refractivity contribution >= 4 is 39.1 Å². The summed E-state index contributed by atoms with van der Waals surface area (Å²) < 4.78 is 0.955. The number of hydrogen-bond donors (Lipinski definition) is 2. The molecule has 2 N–H and O–H groups in total. The fraction of sp³-hybridized carbons (Fsp3) is 0.167. The average molecular weight is 388 g/mol. The molecule has 24 heavy (non-hydrogen) atoms. The van der Waals surface area contributed by atoms with Gasteiger partial charge in [0.1, 0.15) is 0 Å². The van der Waals surface area contributed by atoms with Gasteiger partial charge in [0.2, 0.25) is 0 Å². The summed E-state index contributed by atoms with van der Waals surface area (Å²) >= 11 is 3.36. The van der Waals surface area contributed by atoms with Gasteiger partial charge in [-0.25, -0.2) is 5.43 Å². The van der Waals surface area contributed by atoms with Crippen LogP contribution in [0.1, 0.15) is 23.6 Å². The largest absolute Gasteiger partial charge is 0.329 e. The highest BCUT2D eigenvalue weighted by atomic mass is 79.9. The first-order valence-electron chi connectivity index (χ1n) is 7.35. The van der Waals surface area contributed by atoms with Crippen LogP contribution in [0.3, 0.4) is 0 Å². The van der Waals surface area contributed by atoms with Gasteiger partial charge in [-0.15, -0.1) is 0 Å². The summed E-state index contributed by atoms with van der Waals surface area (Å²) in [6, 6.07) is 13.1. The van der Waals surface area contributed by atoms with E-state index in [1.165, 1.54) is 0 Å². The van der Waals surface area contributed by atoms with Gasteiger partial charge in [0.05, 0.1) is 5.71 Å². The molecule has 2 aromatic rings. The molecule has 0 saturated carbocycles. The van der Waals surface area contributed by atoms with E-state index in [0.29, 0.717) is 11.4 Å². The van der Waals surface area contributed by atoms with Crippen molar-refractivity contribution in [3.63, 3.8) is 0 Å². The van der Waals surface area contributed by atoms with Gasteiger partial charge in [-0.2, -0.15) is 5.10 Å². The van der Waals surface area contributed by atoms with Crippen LogP contribution in [0.4, 0.5) is 5.69 Å². The molecule has 0 aromatic heterocycles. The SMILES string of the molecule is C/C(=N\NC(=O)C(=O)Nc1cc(C)ccc1C)c1ccc(Br)cc1. The molecule has 0 spiro atoms. The maximum absolute atomic E-state index is 12.0. The van der Waals surface area contributed by atoms with Crippen LogP contribution in [0, 0.1) is 13.8 Å². The monoisotopic (exact) mass is 387 g/mol. The van der Waals surface area contributed by atoms with Gasteiger partial charge in [-0.3, -0.25) is 9.59 Å². The smallest absolute Gasteiger partial charge is 0.317 e. The topological polar surface area (TPSA) is 70.6 Å². The van der Waals surface area contributed by atoms with Crippen molar-refractivity contribution in [1.82, 2.24) is 5.43 Å². The second kappa shape index (κ2) is 7.88. The van der Waals surface area contributed by atoms with Gasteiger partial charge in [0, 0.05) is 10.2 Å². The van der Waals surface area contributed by atoms with E-state index in [-0.39, 0.29) is 0 Å². The van der Waals surface area contributed by atoms with E-state index in [1.807, 2.05) is 56.3 Å². The van der Waals surface area contributed by atoms with E-state index < -0.39 is 11.8 Å². The van der Waals surface area contributed by atoms with Gasteiger partial charge < -0.3 is 5.32 Å². The Morgan fingerprint density at radius 3 is 2.33 bits per heavy atom. The molecule has 5 nitrogen and oxygen atoms in total. The molecule has 2 rings (SSSR count). The molecule has 0 unspecified atom stereocenters. The summed E-state index contributed by atoms with van der Waals surface area (Å²) in [7, 11) is 0. The van der Waals surface area contributed by atoms with Crippen molar-refractivity contribution in [3.8, 4) is 0 Å². The van der Waals surface area contributed by atoms with Crippen LogP contribution < -0.4 is 10.7 Å². The third-order valence-corrected chi connectivity index (χ3v) is 3.96. The summed E-state index contributed by atoms with van der Waals surface area (Å²) in [6.07, 6.45) is 0. The maximum atomic E-state index is 12.0. The van der Waals surface area contributed by atoms with Crippen LogP contribution >= 0.6 is 15.9 Å². The van der Waals surface area contributed by atoms with E-state index in [4.69, 9.17) is 0 Å². The summed E-state index contributed by atoms with van der Waals surface area (Å²) in [5.41, 5.74) is 6.24. The van der Waals surface area contributed by atoms with Crippen LogP contribution in [-0.2, 0) is 9.59 Å². The summed E-state index contributed by atoms with van der Waals surface area (Å²) in [6.45, 7) is 5.54. The Labute approximate surface area is 149 Å². The van der Waals surface area contributed by atoms with E-state index in [2.05, 4.69) is 31.8 Å². The number of aryl methyl sites for hydroxylation is 2. The maximum Gasteiger partial charge on any atom is 0.329 e. The lowest BCUT2D eigenvalue weighted by Gasteiger charge is -2.08. The second-order valence-corrected chi connectivity index (χ2v) is 6.33. The lowest BCUT2D eigenvalue weighted by molar-refractivity contribution is -0.136. The number of hydrazone groups is 1. The van der Waals surface area contributed by atoms with Crippen molar-refractivity contribution in [2.75, 3.05) is 5.32 Å². The van der Waals surface area contributed by atoms with Gasteiger partial charge in [-0.05, 0) is 55.7 Å². The van der Waals surface area contributed by atoms with Gasteiger partial charge in [-0.1, -0.05) is 40.2 Å². The standard InChI is InChI=1S/C18H18BrN3O2/c1-11-4-5-12(2)16(10-11)20-17(23)18(24)22-21-13(3)14-6-8-15(19)9-7-14/h4-10H,1-3H3,(H,20,23)(H,22,24)/b21-13+. The average Bonchev–Trinajstić information content (AvgIpc) is 2.56. The minimum atomic E-state index is -0.813. The fourth-order valence-electron chi connectivity index (χ4n) is 1.99. The Balaban J connectivity index is 2.01. The zero-order valence-electron chi connectivity index (χ0n) is 13.7. The summed E-state index contributed by atoms with van der Waals surface area (Å²) in [4.78, 5) is 23.9.